The van der Waals surface area contributed by atoms with Crippen molar-refractivity contribution < 1.29 is 9.53 Å². The van der Waals surface area contributed by atoms with Gasteiger partial charge in [0.1, 0.15) is 10.6 Å². The second-order valence-electron chi connectivity index (χ2n) is 3.14. The molecule has 4 nitrogen and oxygen atoms in total. The van der Waals surface area contributed by atoms with Crippen molar-refractivity contribution in [3.8, 4) is 0 Å². The molecule has 0 spiro atoms. The fraction of sp³-hybridized carbons (Fsp3) is 0.545. The van der Waals surface area contributed by atoms with Crippen LogP contribution in [-0.4, -0.2) is 34.6 Å². The Morgan fingerprint density at radius 3 is 2.82 bits per heavy atom. The maximum absolute atomic E-state index is 11.7. The summed E-state index contributed by atoms with van der Waals surface area (Å²) in [7, 11) is 0. The number of rotatable bonds is 6. The molecule has 0 saturated carbocycles. The van der Waals surface area contributed by atoms with Crippen LogP contribution in [0.4, 0.5) is 0 Å². The van der Waals surface area contributed by atoms with Gasteiger partial charge in [-0.25, -0.2) is 14.8 Å². The summed E-state index contributed by atoms with van der Waals surface area (Å²) in [5, 5.41) is 1.39. The predicted molar refractivity (Wildman–Crippen MR) is 70.8 cm³/mol. The van der Waals surface area contributed by atoms with Crippen LogP contribution in [-0.2, 0) is 4.74 Å². The molecule has 0 saturated heterocycles. The fourth-order valence-electron chi connectivity index (χ4n) is 1.11. The van der Waals surface area contributed by atoms with Gasteiger partial charge in [-0.1, -0.05) is 18.7 Å². The summed E-state index contributed by atoms with van der Waals surface area (Å²) in [6.07, 6.45) is 4.49. The first-order valence-electron chi connectivity index (χ1n) is 5.43. The number of esters is 1. The van der Waals surface area contributed by atoms with Gasteiger partial charge in [-0.3, -0.25) is 0 Å². The second-order valence-corrected chi connectivity index (χ2v) is 5.00. The molecule has 0 unspecified atom stereocenters. The lowest BCUT2D eigenvalue weighted by Gasteiger charge is -2.07. The zero-order valence-corrected chi connectivity index (χ0v) is 11.9. The van der Waals surface area contributed by atoms with E-state index >= 15 is 0 Å². The van der Waals surface area contributed by atoms with Crippen LogP contribution in [0, 0.1) is 0 Å². The molecule has 0 aromatic carbocycles. The lowest BCUT2D eigenvalue weighted by Crippen LogP contribution is -2.08. The first-order chi connectivity index (χ1) is 8.22. The van der Waals surface area contributed by atoms with E-state index in [0.717, 1.165) is 12.2 Å². The highest BCUT2D eigenvalue weighted by Gasteiger charge is 2.15. The number of carbonyl (C=O) groups excluding carboxylic acids is 1. The number of carbonyl (C=O) groups is 1. The number of thioether (sulfide) groups is 2. The first-order valence-corrected chi connectivity index (χ1v) is 7.64. The molecule has 0 amide bonds. The molecule has 17 heavy (non-hydrogen) atoms. The van der Waals surface area contributed by atoms with Gasteiger partial charge < -0.3 is 4.74 Å². The summed E-state index contributed by atoms with van der Waals surface area (Å²) in [5.74, 6) is 0.579. The fourth-order valence-corrected chi connectivity index (χ4v) is 2.35. The van der Waals surface area contributed by atoms with E-state index in [9.17, 15) is 4.79 Å². The Labute approximate surface area is 110 Å². The summed E-state index contributed by atoms with van der Waals surface area (Å²) in [5.41, 5.74) is 0.461. The Morgan fingerprint density at radius 1 is 1.47 bits per heavy atom. The largest absolute Gasteiger partial charge is 0.462 e. The summed E-state index contributed by atoms with van der Waals surface area (Å²) < 4.78 is 4.98. The van der Waals surface area contributed by atoms with E-state index in [1.165, 1.54) is 11.8 Å². The van der Waals surface area contributed by atoms with Gasteiger partial charge in [0.15, 0.2) is 5.16 Å². The van der Waals surface area contributed by atoms with Crippen LogP contribution < -0.4 is 0 Å². The molecule has 0 radical (unpaired) electrons. The molecule has 0 aliphatic rings. The molecule has 0 atom stereocenters. The van der Waals surface area contributed by atoms with Crippen molar-refractivity contribution >= 4 is 29.5 Å². The third kappa shape index (κ3) is 4.20. The van der Waals surface area contributed by atoms with Crippen molar-refractivity contribution in [3.05, 3.63) is 11.8 Å². The van der Waals surface area contributed by atoms with Crippen LogP contribution in [0.1, 0.15) is 30.6 Å². The van der Waals surface area contributed by atoms with Crippen LogP contribution in [0.15, 0.2) is 16.4 Å². The van der Waals surface area contributed by atoms with Crippen molar-refractivity contribution in [3.63, 3.8) is 0 Å². The Bertz CT molecular complexity index is 386. The maximum atomic E-state index is 11.7. The standard InChI is InChI=1S/C11H16N2O2S2/c1-4-6-17-9-8(10(14)15-5-2)7-12-11(13-9)16-3/h7H,4-6H2,1-3H3. The Hall–Kier alpha value is -0.750. The zero-order chi connectivity index (χ0) is 12.7. The topological polar surface area (TPSA) is 52.1 Å². The highest BCUT2D eigenvalue weighted by atomic mass is 32.2. The van der Waals surface area contributed by atoms with Crippen molar-refractivity contribution in [2.45, 2.75) is 30.5 Å². The van der Waals surface area contributed by atoms with E-state index in [-0.39, 0.29) is 5.97 Å². The van der Waals surface area contributed by atoms with Crippen molar-refractivity contribution in [1.82, 2.24) is 9.97 Å². The van der Waals surface area contributed by atoms with Crippen LogP contribution in [0.2, 0.25) is 0 Å². The minimum Gasteiger partial charge on any atom is -0.462 e. The summed E-state index contributed by atoms with van der Waals surface area (Å²) in [6, 6.07) is 0. The zero-order valence-electron chi connectivity index (χ0n) is 10.2. The molecular weight excluding hydrogens is 256 g/mol. The second kappa shape index (κ2) is 7.55. The van der Waals surface area contributed by atoms with Crippen LogP contribution >= 0.6 is 23.5 Å². The van der Waals surface area contributed by atoms with Crippen molar-refractivity contribution in [1.29, 1.82) is 0 Å². The summed E-state index contributed by atoms with van der Waals surface area (Å²) >= 11 is 3.03. The molecular formula is C11H16N2O2S2. The van der Waals surface area contributed by atoms with Crippen molar-refractivity contribution in [2.24, 2.45) is 0 Å². The molecule has 0 fully saturated rings. The number of nitrogens with zero attached hydrogens (tertiary/aromatic N) is 2. The van der Waals surface area contributed by atoms with E-state index in [1.54, 1.807) is 24.9 Å². The average Bonchev–Trinajstić information content (AvgIpc) is 2.36. The van der Waals surface area contributed by atoms with Gasteiger partial charge in [-0.05, 0) is 25.4 Å². The van der Waals surface area contributed by atoms with Gasteiger partial charge in [0.25, 0.3) is 0 Å². The third-order valence-electron chi connectivity index (χ3n) is 1.85. The van der Waals surface area contributed by atoms with E-state index in [4.69, 9.17) is 4.74 Å². The normalized spacial score (nSPS) is 10.3. The smallest absolute Gasteiger partial charge is 0.342 e. The van der Waals surface area contributed by atoms with Gasteiger partial charge >= 0.3 is 5.97 Å². The Morgan fingerprint density at radius 2 is 2.24 bits per heavy atom. The highest BCUT2D eigenvalue weighted by Crippen LogP contribution is 2.23. The first kappa shape index (κ1) is 14.3. The van der Waals surface area contributed by atoms with E-state index in [0.29, 0.717) is 22.4 Å². The number of hydrogen-bond donors (Lipinski definition) is 0. The summed E-state index contributed by atoms with van der Waals surface area (Å²) in [4.78, 5) is 20.2. The Balaban J connectivity index is 2.97. The molecule has 1 rings (SSSR count). The van der Waals surface area contributed by atoms with E-state index < -0.39 is 0 Å². The lowest BCUT2D eigenvalue weighted by atomic mass is 10.3. The SMILES string of the molecule is CCCSc1nc(SC)ncc1C(=O)OCC. The van der Waals surface area contributed by atoms with Crippen LogP contribution in [0.3, 0.4) is 0 Å². The number of hydrogen-bond acceptors (Lipinski definition) is 6. The third-order valence-corrected chi connectivity index (χ3v) is 3.61. The minimum absolute atomic E-state index is 0.348. The van der Waals surface area contributed by atoms with E-state index in [2.05, 4.69) is 16.9 Å². The monoisotopic (exact) mass is 272 g/mol. The maximum Gasteiger partial charge on any atom is 0.342 e. The van der Waals surface area contributed by atoms with Gasteiger partial charge in [0.05, 0.1) is 6.61 Å². The molecule has 6 heteroatoms. The minimum atomic E-state index is -0.348. The van der Waals surface area contributed by atoms with Crippen LogP contribution in [0.25, 0.3) is 0 Å². The molecule has 1 heterocycles. The number of ether oxygens (including phenoxy) is 1. The predicted octanol–water partition coefficient (Wildman–Crippen LogP) is 2.88. The average molecular weight is 272 g/mol. The van der Waals surface area contributed by atoms with Gasteiger partial charge in [0.2, 0.25) is 0 Å². The summed E-state index contributed by atoms with van der Waals surface area (Å²) in [6.45, 7) is 4.24. The van der Waals surface area contributed by atoms with Crippen LogP contribution in [0.5, 0.6) is 0 Å². The lowest BCUT2D eigenvalue weighted by molar-refractivity contribution is 0.0520. The Kier molecular flexibility index (Phi) is 6.36. The molecule has 1 aromatic heterocycles. The van der Waals surface area contributed by atoms with Gasteiger partial charge in [0, 0.05) is 6.20 Å². The quantitative estimate of drug-likeness (QED) is 0.343. The number of aromatic nitrogens is 2. The van der Waals surface area contributed by atoms with Gasteiger partial charge in [-0.2, -0.15) is 0 Å². The van der Waals surface area contributed by atoms with Crippen molar-refractivity contribution in [2.75, 3.05) is 18.6 Å². The molecule has 0 bridgehead atoms. The molecule has 0 aliphatic heterocycles. The molecule has 0 N–H and O–H groups in total. The highest BCUT2D eigenvalue weighted by molar-refractivity contribution is 7.99. The molecule has 0 aliphatic carbocycles. The van der Waals surface area contributed by atoms with E-state index in [1.807, 2.05) is 6.26 Å². The molecule has 1 aromatic rings. The molecule has 94 valence electrons. The van der Waals surface area contributed by atoms with Gasteiger partial charge in [-0.15, -0.1) is 11.8 Å².